The number of nitrogens with zero attached hydrogens (tertiary/aromatic N) is 2. The molecule has 0 unspecified atom stereocenters. The lowest BCUT2D eigenvalue weighted by Gasteiger charge is -2.50. The van der Waals surface area contributed by atoms with E-state index in [0.717, 1.165) is 16.1 Å². The van der Waals surface area contributed by atoms with Crippen LogP contribution < -0.4 is 10.3 Å². The van der Waals surface area contributed by atoms with Crippen LogP contribution in [0.15, 0.2) is 115 Å². The zero-order valence-corrected chi connectivity index (χ0v) is 26.8. The Hall–Kier alpha value is -5.21. The number of imide groups is 2. The van der Waals surface area contributed by atoms with Crippen LogP contribution in [-0.2, 0) is 24.6 Å². The minimum Gasteiger partial charge on any atom is -0.508 e. The number of para-hydroxylation sites is 1. The van der Waals surface area contributed by atoms with E-state index in [1.165, 1.54) is 17.0 Å². The number of benzene rings is 4. The largest absolute Gasteiger partial charge is 0.508 e. The minimum absolute atomic E-state index is 0.0364. The number of phenolic OH excluding ortho intramolecular Hbond substituents is 1. The second-order valence-corrected chi connectivity index (χ2v) is 13.6. The fraction of sp³-hybridized carbons (Fsp3) is 0.231. The molecule has 3 fully saturated rings. The molecular weight excluding hydrogens is 626 g/mol. The standard InChI is InChI=1S/C39H32ClN3O5/c1-22-12-14-24(15-13-22)41-43-36(46)31-21-30-27(18-19-29-33(30)37(47)42(35(29)45)25-10-6-3-7-11-25)34(28-17-16-26(44)20-32(28)40)39(31,38(43)48)23-8-4-2-5-9-23/h2-18,20,29-31,33-34,41,44H,19,21H2,1H3/t29-,30+,31-,33-,34+,39+/m0/s1. The van der Waals surface area contributed by atoms with Crippen molar-refractivity contribution in [3.63, 3.8) is 0 Å². The topological polar surface area (TPSA) is 107 Å². The molecular formula is C39H32ClN3O5. The van der Waals surface area contributed by atoms with Crippen molar-refractivity contribution in [3.05, 3.63) is 136 Å². The SMILES string of the molecule is Cc1ccc(NN2C(=O)[C@@H]3C[C@@H]4C(=CC[C@@H]5C(=O)N(c6ccccc6)C(=O)[C@@H]54)[C@H](c4ccc(O)cc4Cl)[C@]3(c3ccccc3)C2=O)cc1. The Labute approximate surface area is 282 Å². The molecule has 8 nitrogen and oxygen atoms in total. The number of fused-ring (bicyclic) bond motifs is 4. The van der Waals surface area contributed by atoms with E-state index in [-0.39, 0.29) is 29.0 Å². The Morgan fingerprint density at radius 2 is 1.50 bits per heavy atom. The summed E-state index contributed by atoms with van der Waals surface area (Å²) >= 11 is 6.92. The van der Waals surface area contributed by atoms with E-state index in [2.05, 4.69) is 5.43 Å². The zero-order valence-electron chi connectivity index (χ0n) is 26.0. The summed E-state index contributed by atoms with van der Waals surface area (Å²) in [5.41, 5.74) is 5.80. The van der Waals surface area contributed by atoms with Gasteiger partial charge in [0.2, 0.25) is 11.8 Å². The number of aromatic hydroxyl groups is 1. The Balaban J connectivity index is 1.33. The lowest BCUT2D eigenvalue weighted by atomic mass is 9.49. The number of hydrogen-bond acceptors (Lipinski definition) is 6. The van der Waals surface area contributed by atoms with Gasteiger partial charge in [-0.2, -0.15) is 5.01 Å². The highest BCUT2D eigenvalue weighted by Gasteiger charge is 2.70. The van der Waals surface area contributed by atoms with Gasteiger partial charge in [0.05, 0.1) is 34.5 Å². The fourth-order valence-electron chi connectivity index (χ4n) is 8.67. The van der Waals surface area contributed by atoms with Crippen LogP contribution in [0, 0.1) is 30.6 Å². The van der Waals surface area contributed by atoms with E-state index in [0.29, 0.717) is 28.9 Å². The van der Waals surface area contributed by atoms with E-state index in [4.69, 9.17) is 11.6 Å². The van der Waals surface area contributed by atoms with Crippen molar-refractivity contribution in [2.24, 2.45) is 23.7 Å². The first-order valence-electron chi connectivity index (χ1n) is 16.1. The number of aryl methyl sites for hydroxylation is 1. The maximum Gasteiger partial charge on any atom is 0.260 e. The molecule has 0 spiro atoms. The van der Waals surface area contributed by atoms with Crippen LogP contribution in [0.4, 0.5) is 11.4 Å². The summed E-state index contributed by atoms with van der Waals surface area (Å²) in [5, 5.41) is 11.7. The monoisotopic (exact) mass is 657 g/mol. The number of amides is 4. The molecule has 1 saturated carbocycles. The number of halogens is 1. The predicted molar refractivity (Wildman–Crippen MR) is 181 cm³/mol. The van der Waals surface area contributed by atoms with Gasteiger partial charge in [0, 0.05) is 10.9 Å². The Morgan fingerprint density at radius 3 is 2.19 bits per heavy atom. The summed E-state index contributed by atoms with van der Waals surface area (Å²) in [5.74, 6) is -4.94. The first-order valence-corrected chi connectivity index (χ1v) is 16.5. The number of hydrogen-bond donors (Lipinski definition) is 2. The lowest BCUT2D eigenvalue weighted by Crippen LogP contribution is -2.53. The van der Waals surface area contributed by atoms with Crippen LogP contribution in [-0.4, -0.2) is 33.7 Å². The third-order valence-corrected chi connectivity index (χ3v) is 11.0. The van der Waals surface area contributed by atoms with Crippen LogP contribution in [0.1, 0.15) is 35.4 Å². The number of anilines is 2. The Bertz CT molecular complexity index is 2010. The van der Waals surface area contributed by atoms with Crippen molar-refractivity contribution >= 4 is 46.6 Å². The van der Waals surface area contributed by atoms with Crippen molar-refractivity contribution < 1.29 is 24.3 Å². The van der Waals surface area contributed by atoms with Gasteiger partial charge < -0.3 is 5.11 Å². The number of carbonyl (C=O) groups is 4. The van der Waals surface area contributed by atoms with Gasteiger partial charge in [-0.05, 0) is 73.2 Å². The zero-order chi connectivity index (χ0) is 33.3. The molecule has 2 heterocycles. The number of nitrogens with one attached hydrogen (secondary N) is 1. The van der Waals surface area contributed by atoms with Gasteiger partial charge in [-0.1, -0.05) is 95.5 Å². The van der Waals surface area contributed by atoms with Crippen LogP contribution >= 0.6 is 11.6 Å². The summed E-state index contributed by atoms with van der Waals surface area (Å²) in [4.78, 5) is 59.3. The van der Waals surface area contributed by atoms with Crippen LogP contribution in [0.5, 0.6) is 5.75 Å². The van der Waals surface area contributed by atoms with Gasteiger partial charge in [0.15, 0.2) is 0 Å². The van der Waals surface area contributed by atoms with Crippen molar-refractivity contribution in [2.45, 2.75) is 31.1 Å². The summed E-state index contributed by atoms with van der Waals surface area (Å²) in [6, 6.07) is 30.3. The third-order valence-electron chi connectivity index (χ3n) is 10.7. The van der Waals surface area contributed by atoms with Crippen molar-refractivity contribution in [1.29, 1.82) is 0 Å². The first-order chi connectivity index (χ1) is 23.2. The van der Waals surface area contributed by atoms with Crippen LogP contribution in [0.2, 0.25) is 5.02 Å². The van der Waals surface area contributed by atoms with Crippen LogP contribution in [0.25, 0.3) is 0 Å². The number of hydrazine groups is 1. The molecule has 240 valence electrons. The lowest BCUT2D eigenvalue weighted by molar-refractivity contribution is -0.138. The highest BCUT2D eigenvalue weighted by atomic mass is 35.5. The number of carbonyl (C=O) groups excluding carboxylic acids is 4. The minimum atomic E-state index is -1.43. The molecule has 48 heavy (non-hydrogen) atoms. The highest BCUT2D eigenvalue weighted by Crippen LogP contribution is 2.64. The quantitative estimate of drug-likeness (QED) is 0.186. The highest BCUT2D eigenvalue weighted by molar-refractivity contribution is 6.31. The number of rotatable bonds is 5. The Kier molecular flexibility index (Phi) is 7.03. The molecule has 2 saturated heterocycles. The molecule has 9 heteroatoms. The molecule has 4 aromatic carbocycles. The second-order valence-electron chi connectivity index (χ2n) is 13.1. The molecule has 8 rings (SSSR count). The predicted octanol–water partition coefficient (Wildman–Crippen LogP) is 6.54. The third kappa shape index (κ3) is 4.28. The molecule has 2 N–H and O–H groups in total. The molecule has 4 aromatic rings. The number of phenols is 1. The van der Waals surface area contributed by atoms with E-state index >= 15 is 4.79 Å². The fourth-order valence-corrected chi connectivity index (χ4v) is 8.96. The van der Waals surface area contributed by atoms with Crippen molar-refractivity contribution in [2.75, 3.05) is 10.3 Å². The van der Waals surface area contributed by atoms with Crippen LogP contribution in [0.3, 0.4) is 0 Å². The van der Waals surface area contributed by atoms with Gasteiger partial charge in [-0.15, -0.1) is 0 Å². The molecule has 0 aromatic heterocycles. The van der Waals surface area contributed by atoms with Gasteiger partial charge >= 0.3 is 0 Å². The number of allylic oxidation sites excluding steroid dienone is 2. The van der Waals surface area contributed by atoms with E-state index < -0.39 is 46.8 Å². The second kappa shape index (κ2) is 11.2. The first kappa shape index (κ1) is 30.1. The van der Waals surface area contributed by atoms with Gasteiger partial charge in [-0.3, -0.25) is 29.5 Å². The summed E-state index contributed by atoms with van der Waals surface area (Å²) in [7, 11) is 0. The maximum atomic E-state index is 15.2. The van der Waals surface area contributed by atoms with Crippen molar-refractivity contribution in [3.8, 4) is 5.75 Å². The van der Waals surface area contributed by atoms with Gasteiger partial charge in [0.1, 0.15) is 5.75 Å². The van der Waals surface area contributed by atoms with Gasteiger partial charge in [-0.25, -0.2) is 0 Å². The molecule has 2 aliphatic heterocycles. The smallest absolute Gasteiger partial charge is 0.260 e. The maximum absolute atomic E-state index is 15.2. The normalized spacial score (nSPS) is 27.8. The van der Waals surface area contributed by atoms with E-state index in [1.807, 2.05) is 73.7 Å². The molecule has 6 atom stereocenters. The molecule has 0 radical (unpaired) electrons. The van der Waals surface area contributed by atoms with Gasteiger partial charge in [0.25, 0.3) is 11.8 Å². The summed E-state index contributed by atoms with van der Waals surface area (Å²) in [6.07, 6.45) is 2.49. The van der Waals surface area contributed by atoms with E-state index in [9.17, 15) is 19.5 Å². The molecule has 0 bridgehead atoms. The van der Waals surface area contributed by atoms with Crippen molar-refractivity contribution in [1.82, 2.24) is 5.01 Å². The average Bonchev–Trinajstić information content (AvgIpc) is 3.47. The summed E-state index contributed by atoms with van der Waals surface area (Å²) < 4.78 is 0. The average molecular weight is 658 g/mol. The molecule has 2 aliphatic carbocycles. The summed E-state index contributed by atoms with van der Waals surface area (Å²) in [6.45, 7) is 1.96. The molecule has 4 amide bonds. The Morgan fingerprint density at radius 1 is 0.812 bits per heavy atom. The van der Waals surface area contributed by atoms with E-state index in [1.54, 1.807) is 30.3 Å². The molecule has 4 aliphatic rings.